The molecule has 0 spiro atoms. The zero-order valence-electron chi connectivity index (χ0n) is 15.9. The maximum atomic E-state index is 12.5. The van der Waals surface area contributed by atoms with Crippen molar-refractivity contribution in [2.45, 2.75) is 25.9 Å². The Morgan fingerprint density at radius 2 is 1.30 bits per heavy atom. The van der Waals surface area contributed by atoms with E-state index < -0.39 is 0 Å². The second-order valence-electron chi connectivity index (χ2n) is 6.84. The Morgan fingerprint density at radius 3 is 1.89 bits per heavy atom. The highest BCUT2D eigenvalue weighted by Gasteiger charge is 2.16. The molecule has 0 saturated carbocycles. The van der Waals surface area contributed by atoms with Crippen molar-refractivity contribution in [2.24, 2.45) is 0 Å². The van der Waals surface area contributed by atoms with Gasteiger partial charge in [0.25, 0.3) is 0 Å². The fourth-order valence-corrected chi connectivity index (χ4v) is 3.14. The number of rotatable bonds is 7. The van der Waals surface area contributed by atoms with Gasteiger partial charge in [0.05, 0.1) is 18.6 Å². The van der Waals surface area contributed by atoms with E-state index in [1.807, 2.05) is 55.5 Å². The average molecular weight is 358 g/mol. The molecule has 3 aromatic carbocycles. The largest absolute Gasteiger partial charge is 0.348 e. The van der Waals surface area contributed by atoms with Crippen molar-refractivity contribution in [3.8, 4) is 0 Å². The van der Waals surface area contributed by atoms with E-state index >= 15 is 0 Å². The van der Waals surface area contributed by atoms with Gasteiger partial charge in [0.1, 0.15) is 0 Å². The number of hydrogen-bond acceptors (Lipinski definition) is 2. The van der Waals surface area contributed by atoms with E-state index in [0.29, 0.717) is 0 Å². The van der Waals surface area contributed by atoms with Crippen LogP contribution in [-0.4, -0.2) is 12.5 Å². The molecule has 0 heterocycles. The molecule has 0 radical (unpaired) electrons. The molecule has 0 saturated heterocycles. The van der Waals surface area contributed by atoms with E-state index in [9.17, 15) is 4.79 Å². The lowest BCUT2D eigenvalue weighted by atomic mass is 9.98. The van der Waals surface area contributed by atoms with Gasteiger partial charge >= 0.3 is 0 Å². The van der Waals surface area contributed by atoms with Crippen molar-refractivity contribution in [1.29, 1.82) is 0 Å². The van der Waals surface area contributed by atoms with Crippen molar-refractivity contribution in [1.82, 2.24) is 10.6 Å². The molecule has 3 aromatic rings. The third kappa shape index (κ3) is 5.28. The second-order valence-corrected chi connectivity index (χ2v) is 6.84. The molecular formula is C24H26N2O. The number of carbonyl (C=O) groups is 1. The van der Waals surface area contributed by atoms with Gasteiger partial charge in [-0.1, -0.05) is 90.5 Å². The summed E-state index contributed by atoms with van der Waals surface area (Å²) in [5, 5.41) is 6.48. The summed E-state index contributed by atoms with van der Waals surface area (Å²) in [7, 11) is 0. The van der Waals surface area contributed by atoms with Crippen molar-refractivity contribution < 1.29 is 4.79 Å². The summed E-state index contributed by atoms with van der Waals surface area (Å²) in [6, 6.07) is 28.6. The summed E-state index contributed by atoms with van der Waals surface area (Å²) >= 11 is 0. The fraction of sp³-hybridized carbons (Fsp3) is 0.208. The molecule has 3 rings (SSSR count). The maximum Gasteiger partial charge on any atom is 0.234 e. The maximum absolute atomic E-state index is 12.5. The molecule has 0 aliphatic carbocycles. The summed E-state index contributed by atoms with van der Waals surface area (Å²) in [6.07, 6.45) is 0. The van der Waals surface area contributed by atoms with Gasteiger partial charge in [0.2, 0.25) is 5.91 Å². The van der Waals surface area contributed by atoms with E-state index in [1.165, 1.54) is 5.56 Å². The molecule has 27 heavy (non-hydrogen) atoms. The molecular weight excluding hydrogens is 332 g/mol. The minimum absolute atomic E-state index is 0.0144. The molecule has 0 aliphatic heterocycles. The Kier molecular flexibility index (Phi) is 6.39. The Balaban J connectivity index is 1.67. The van der Waals surface area contributed by atoms with Crippen LogP contribution in [0, 0.1) is 6.92 Å². The molecule has 3 nitrogen and oxygen atoms in total. The van der Waals surface area contributed by atoms with Crippen molar-refractivity contribution in [3.63, 3.8) is 0 Å². The van der Waals surface area contributed by atoms with Crippen LogP contribution in [0.2, 0.25) is 0 Å². The van der Waals surface area contributed by atoms with Crippen LogP contribution in [0.5, 0.6) is 0 Å². The molecule has 1 amide bonds. The first-order valence-corrected chi connectivity index (χ1v) is 9.32. The Hall–Kier alpha value is -2.91. The number of amides is 1. The molecule has 138 valence electrons. The second kappa shape index (κ2) is 9.15. The summed E-state index contributed by atoms with van der Waals surface area (Å²) in [4.78, 5) is 12.5. The van der Waals surface area contributed by atoms with Crippen LogP contribution in [0.4, 0.5) is 0 Å². The van der Waals surface area contributed by atoms with Crippen LogP contribution in [0.15, 0.2) is 84.9 Å². The predicted octanol–water partition coefficient (Wildman–Crippen LogP) is 4.55. The molecule has 0 aromatic heterocycles. The summed E-state index contributed by atoms with van der Waals surface area (Å²) in [5.74, 6) is -0.0144. The van der Waals surface area contributed by atoms with Crippen molar-refractivity contribution in [2.75, 3.05) is 6.54 Å². The zero-order chi connectivity index (χ0) is 19.1. The smallest absolute Gasteiger partial charge is 0.234 e. The molecule has 3 heteroatoms. The van der Waals surface area contributed by atoms with Gasteiger partial charge in [0, 0.05) is 0 Å². The van der Waals surface area contributed by atoms with Crippen LogP contribution in [-0.2, 0) is 4.79 Å². The monoisotopic (exact) mass is 358 g/mol. The van der Waals surface area contributed by atoms with Crippen LogP contribution in [0.1, 0.15) is 41.3 Å². The fourth-order valence-electron chi connectivity index (χ4n) is 3.14. The van der Waals surface area contributed by atoms with Gasteiger partial charge in [-0.2, -0.15) is 0 Å². The Labute approximate surface area is 161 Å². The van der Waals surface area contributed by atoms with Crippen LogP contribution < -0.4 is 10.6 Å². The third-order valence-corrected chi connectivity index (χ3v) is 4.69. The van der Waals surface area contributed by atoms with Crippen LogP contribution in [0.3, 0.4) is 0 Å². The number of nitrogens with one attached hydrogen (secondary N) is 2. The van der Waals surface area contributed by atoms with Crippen LogP contribution >= 0.6 is 0 Å². The number of carbonyl (C=O) groups excluding carboxylic acids is 1. The van der Waals surface area contributed by atoms with Gasteiger partial charge in [-0.05, 0) is 30.5 Å². The van der Waals surface area contributed by atoms with E-state index in [4.69, 9.17) is 0 Å². The topological polar surface area (TPSA) is 41.1 Å². The number of benzene rings is 3. The lowest BCUT2D eigenvalue weighted by Gasteiger charge is -2.21. The lowest BCUT2D eigenvalue weighted by Crippen LogP contribution is -2.37. The molecule has 0 bridgehead atoms. The van der Waals surface area contributed by atoms with Gasteiger partial charge in [0.15, 0.2) is 0 Å². The van der Waals surface area contributed by atoms with Gasteiger partial charge < -0.3 is 5.32 Å². The highest BCUT2D eigenvalue weighted by atomic mass is 16.1. The van der Waals surface area contributed by atoms with E-state index in [1.54, 1.807) is 0 Å². The third-order valence-electron chi connectivity index (χ3n) is 4.69. The van der Waals surface area contributed by atoms with E-state index in [-0.39, 0.29) is 24.5 Å². The molecule has 0 unspecified atom stereocenters. The first kappa shape index (κ1) is 18.9. The summed E-state index contributed by atoms with van der Waals surface area (Å²) < 4.78 is 0. The first-order valence-electron chi connectivity index (χ1n) is 9.32. The molecule has 2 atom stereocenters. The number of aryl methyl sites for hydroxylation is 1. The Bertz CT molecular complexity index is 845. The molecule has 0 fully saturated rings. The minimum atomic E-state index is -0.0235. The van der Waals surface area contributed by atoms with Gasteiger partial charge in [-0.25, -0.2) is 0 Å². The van der Waals surface area contributed by atoms with Crippen molar-refractivity contribution >= 4 is 5.91 Å². The lowest BCUT2D eigenvalue weighted by molar-refractivity contribution is -0.121. The number of hydrogen-bond donors (Lipinski definition) is 2. The molecule has 0 aliphatic rings. The normalized spacial score (nSPS) is 13.0. The standard InChI is InChI=1S/C24H26N2O/c1-18-13-15-22(16-14-18)24(21-11-7-4-8-12-21)25-17-23(27)26-19(2)20-9-5-3-6-10-20/h3-16,19,24-25H,17H2,1-2H3,(H,26,27)/t19-,24-/m0/s1. The van der Waals surface area contributed by atoms with Gasteiger partial charge in [-0.15, -0.1) is 0 Å². The Morgan fingerprint density at radius 1 is 0.778 bits per heavy atom. The minimum Gasteiger partial charge on any atom is -0.348 e. The first-order chi connectivity index (χ1) is 13.1. The highest BCUT2D eigenvalue weighted by molar-refractivity contribution is 5.78. The quantitative estimate of drug-likeness (QED) is 0.650. The van der Waals surface area contributed by atoms with Gasteiger partial charge in [-0.3, -0.25) is 10.1 Å². The summed E-state index contributed by atoms with van der Waals surface area (Å²) in [5.41, 5.74) is 4.62. The van der Waals surface area contributed by atoms with Crippen LogP contribution in [0.25, 0.3) is 0 Å². The highest BCUT2D eigenvalue weighted by Crippen LogP contribution is 2.22. The van der Waals surface area contributed by atoms with Crippen molar-refractivity contribution in [3.05, 3.63) is 107 Å². The van der Waals surface area contributed by atoms with E-state index in [2.05, 4.69) is 54.0 Å². The predicted molar refractivity (Wildman–Crippen MR) is 110 cm³/mol. The SMILES string of the molecule is Cc1ccc([C@@H](NCC(=O)N[C@@H](C)c2ccccc2)c2ccccc2)cc1. The molecule has 2 N–H and O–H groups in total. The average Bonchev–Trinajstić information content (AvgIpc) is 2.71. The zero-order valence-corrected chi connectivity index (χ0v) is 15.9. The van der Waals surface area contributed by atoms with E-state index in [0.717, 1.165) is 16.7 Å². The summed E-state index contributed by atoms with van der Waals surface area (Å²) in [6.45, 7) is 4.33.